The summed E-state index contributed by atoms with van der Waals surface area (Å²) in [4.78, 5) is 0. The first-order chi connectivity index (χ1) is 9.15. The van der Waals surface area contributed by atoms with E-state index in [-0.39, 0.29) is 0 Å². The first-order valence-corrected chi connectivity index (χ1v) is 6.93. The van der Waals surface area contributed by atoms with Crippen LogP contribution >= 0.6 is 0 Å². The zero-order valence-electron chi connectivity index (χ0n) is 12.1. The van der Waals surface area contributed by atoms with Gasteiger partial charge >= 0.3 is 0 Å². The summed E-state index contributed by atoms with van der Waals surface area (Å²) in [6.45, 7) is 4.95. The largest absolute Gasteiger partial charge is 0.330 e. The maximum absolute atomic E-state index is 5.98. The number of benzene rings is 1. The summed E-state index contributed by atoms with van der Waals surface area (Å²) in [6.07, 6.45) is 1.93. The van der Waals surface area contributed by atoms with Crippen LogP contribution in [0.15, 0.2) is 30.3 Å². The summed E-state index contributed by atoms with van der Waals surface area (Å²) in [5.41, 5.74) is 11.1. The van der Waals surface area contributed by atoms with E-state index in [4.69, 9.17) is 5.73 Å². The molecule has 0 aliphatic carbocycles. The van der Waals surface area contributed by atoms with E-state index in [0.29, 0.717) is 12.5 Å². The van der Waals surface area contributed by atoms with Gasteiger partial charge in [0, 0.05) is 18.7 Å². The average Bonchev–Trinajstić information content (AvgIpc) is 2.77. The minimum absolute atomic E-state index is 0.362. The Kier molecular flexibility index (Phi) is 4.38. The topological polar surface area (TPSA) is 43.8 Å². The summed E-state index contributed by atoms with van der Waals surface area (Å²) in [5.74, 6) is 0.362. The first-order valence-electron chi connectivity index (χ1n) is 6.93. The molecule has 0 radical (unpaired) electrons. The SMILES string of the molecule is CCc1cc(CC(CN)c2ccccc2C)n(C)n1. The Balaban J connectivity index is 2.24. The molecule has 0 aliphatic rings. The first kappa shape index (κ1) is 13.8. The molecule has 0 amide bonds. The molecule has 0 aliphatic heterocycles. The van der Waals surface area contributed by atoms with Crippen LogP contribution in [0.2, 0.25) is 0 Å². The Morgan fingerprint density at radius 3 is 2.63 bits per heavy atom. The smallest absolute Gasteiger partial charge is 0.0624 e. The number of hydrogen-bond donors (Lipinski definition) is 1. The van der Waals surface area contributed by atoms with Crippen molar-refractivity contribution < 1.29 is 0 Å². The maximum Gasteiger partial charge on any atom is 0.0624 e. The standard InChI is InChI=1S/C16H23N3/c1-4-14-10-15(19(3)18-14)9-13(11-17)16-8-6-5-7-12(16)2/h5-8,10,13H,4,9,11,17H2,1-3H3. The Bertz CT molecular complexity index is 543. The average molecular weight is 257 g/mol. The van der Waals surface area contributed by atoms with Crippen LogP contribution in [0.25, 0.3) is 0 Å². The Labute approximate surface area is 115 Å². The number of rotatable bonds is 5. The van der Waals surface area contributed by atoms with Gasteiger partial charge in [-0.15, -0.1) is 0 Å². The van der Waals surface area contributed by atoms with Gasteiger partial charge in [0.05, 0.1) is 5.69 Å². The fourth-order valence-electron chi connectivity index (χ4n) is 2.55. The van der Waals surface area contributed by atoms with Crippen molar-refractivity contribution in [2.45, 2.75) is 32.6 Å². The molecule has 2 aromatic rings. The van der Waals surface area contributed by atoms with E-state index in [1.165, 1.54) is 16.8 Å². The number of aryl methyl sites for hydroxylation is 3. The summed E-state index contributed by atoms with van der Waals surface area (Å²) >= 11 is 0. The molecule has 102 valence electrons. The van der Waals surface area contributed by atoms with Crippen molar-refractivity contribution in [2.24, 2.45) is 12.8 Å². The van der Waals surface area contributed by atoms with Crippen LogP contribution in [0, 0.1) is 6.92 Å². The van der Waals surface area contributed by atoms with Crippen molar-refractivity contribution in [3.05, 3.63) is 52.8 Å². The van der Waals surface area contributed by atoms with E-state index in [2.05, 4.69) is 49.3 Å². The van der Waals surface area contributed by atoms with Crippen LogP contribution < -0.4 is 5.73 Å². The van der Waals surface area contributed by atoms with Gasteiger partial charge in [-0.25, -0.2) is 0 Å². The quantitative estimate of drug-likeness (QED) is 0.894. The van der Waals surface area contributed by atoms with E-state index in [1.807, 2.05) is 11.7 Å². The van der Waals surface area contributed by atoms with Gasteiger partial charge in [0.25, 0.3) is 0 Å². The Hall–Kier alpha value is -1.61. The van der Waals surface area contributed by atoms with E-state index in [9.17, 15) is 0 Å². The predicted octanol–water partition coefficient (Wildman–Crippen LogP) is 2.58. The summed E-state index contributed by atoms with van der Waals surface area (Å²) in [7, 11) is 2.01. The van der Waals surface area contributed by atoms with Crippen LogP contribution in [-0.2, 0) is 19.9 Å². The van der Waals surface area contributed by atoms with Crippen LogP contribution in [0.1, 0.15) is 35.4 Å². The monoisotopic (exact) mass is 257 g/mol. The van der Waals surface area contributed by atoms with Crippen molar-refractivity contribution in [1.82, 2.24) is 9.78 Å². The summed E-state index contributed by atoms with van der Waals surface area (Å²) in [5, 5.41) is 4.51. The van der Waals surface area contributed by atoms with Crippen LogP contribution in [0.4, 0.5) is 0 Å². The Morgan fingerprint density at radius 1 is 1.32 bits per heavy atom. The number of aromatic nitrogens is 2. The molecule has 2 rings (SSSR count). The highest BCUT2D eigenvalue weighted by atomic mass is 15.3. The van der Waals surface area contributed by atoms with Gasteiger partial charge in [0.15, 0.2) is 0 Å². The highest BCUT2D eigenvalue weighted by molar-refractivity contribution is 5.30. The molecule has 2 N–H and O–H groups in total. The Morgan fingerprint density at radius 2 is 2.05 bits per heavy atom. The van der Waals surface area contributed by atoms with Crippen molar-refractivity contribution in [3.63, 3.8) is 0 Å². The van der Waals surface area contributed by atoms with Gasteiger partial charge in [0.2, 0.25) is 0 Å². The molecule has 0 bridgehead atoms. The highest BCUT2D eigenvalue weighted by Crippen LogP contribution is 2.23. The zero-order valence-corrected chi connectivity index (χ0v) is 12.1. The minimum Gasteiger partial charge on any atom is -0.330 e. The van der Waals surface area contributed by atoms with Gasteiger partial charge < -0.3 is 5.73 Å². The van der Waals surface area contributed by atoms with Crippen LogP contribution in [-0.4, -0.2) is 16.3 Å². The number of nitrogens with zero attached hydrogens (tertiary/aromatic N) is 2. The number of nitrogens with two attached hydrogens (primary N) is 1. The molecule has 1 heterocycles. The molecule has 3 heteroatoms. The fourth-order valence-corrected chi connectivity index (χ4v) is 2.55. The molecule has 1 aromatic carbocycles. The molecule has 19 heavy (non-hydrogen) atoms. The van der Waals surface area contributed by atoms with Gasteiger partial charge in [-0.05, 0) is 43.5 Å². The van der Waals surface area contributed by atoms with Crippen LogP contribution in [0.3, 0.4) is 0 Å². The highest BCUT2D eigenvalue weighted by Gasteiger charge is 2.15. The second-order valence-electron chi connectivity index (χ2n) is 5.10. The second-order valence-corrected chi connectivity index (χ2v) is 5.10. The van der Waals surface area contributed by atoms with Crippen molar-refractivity contribution >= 4 is 0 Å². The maximum atomic E-state index is 5.98. The lowest BCUT2D eigenvalue weighted by Gasteiger charge is -2.17. The summed E-state index contributed by atoms with van der Waals surface area (Å²) < 4.78 is 1.99. The van der Waals surface area contributed by atoms with E-state index >= 15 is 0 Å². The van der Waals surface area contributed by atoms with Crippen molar-refractivity contribution in [1.29, 1.82) is 0 Å². The lowest BCUT2D eigenvalue weighted by atomic mass is 9.91. The molecule has 1 aromatic heterocycles. The molecule has 0 saturated carbocycles. The van der Waals surface area contributed by atoms with Gasteiger partial charge in [-0.1, -0.05) is 31.2 Å². The molecule has 3 nitrogen and oxygen atoms in total. The third-order valence-corrected chi connectivity index (χ3v) is 3.76. The fraction of sp³-hybridized carbons (Fsp3) is 0.438. The van der Waals surface area contributed by atoms with Crippen molar-refractivity contribution in [3.8, 4) is 0 Å². The predicted molar refractivity (Wildman–Crippen MR) is 79.3 cm³/mol. The molecule has 1 unspecified atom stereocenters. The lowest BCUT2D eigenvalue weighted by molar-refractivity contribution is 0.626. The van der Waals surface area contributed by atoms with Crippen LogP contribution in [0.5, 0.6) is 0 Å². The third kappa shape index (κ3) is 3.04. The van der Waals surface area contributed by atoms with E-state index in [0.717, 1.165) is 18.5 Å². The second kappa shape index (κ2) is 6.02. The molecule has 1 atom stereocenters. The summed E-state index contributed by atoms with van der Waals surface area (Å²) in [6, 6.07) is 10.7. The van der Waals surface area contributed by atoms with Crippen molar-refractivity contribution in [2.75, 3.05) is 6.54 Å². The zero-order chi connectivity index (χ0) is 13.8. The number of hydrogen-bond acceptors (Lipinski definition) is 2. The van der Waals surface area contributed by atoms with E-state index < -0.39 is 0 Å². The lowest BCUT2D eigenvalue weighted by Crippen LogP contribution is -2.17. The van der Waals surface area contributed by atoms with E-state index in [1.54, 1.807) is 0 Å². The molecular weight excluding hydrogens is 234 g/mol. The minimum atomic E-state index is 0.362. The molecule has 0 saturated heterocycles. The van der Waals surface area contributed by atoms with Gasteiger partial charge in [-0.2, -0.15) is 5.10 Å². The van der Waals surface area contributed by atoms with Gasteiger partial charge in [0.1, 0.15) is 0 Å². The third-order valence-electron chi connectivity index (χ3n) is 3.76. The van der Waals surface area contributed by atoms with Gasteiger partial charge in [-0.3, -0.25) is 4.68 Å². The molecule has 0 spiro atoms. The normalized spacial score (nSPS) is 12.6. The molecular formula is C16H23N3. The molecule has 0 fully saturated rings.